The van der Waals surface area contributed by atoms with Crippen molar-refractivity contribution in [3.05, 3.63) is 88.8 Å². The number of hydrogen-bond acceptors (Lipinski definition) is 3. The molecule has 0 saturated heterocycles. The lowest BCUT2D eigenvalue weighted by Gasteiger charge is -2.09. The van der Waals surface area contributed by atoms with Crippen LogP contribution in [0.5, 0.6) is 11.5 Å². The zero-order chi connectivity index (χ0) is 17.6. The number of rotatable bonds is 5. The zero-order valence-corrected chi connectivity index (χ0v) is 13.8. The van der Waals surface area contributed by atoms with E-state index < -0.39 is 0 Å². The quantitative estimate of drug-likeness (QED) is 0.776. The molecule has 126 valence electrons. The van der Waals surface area contributed by atoms with Crippen LogP contribution in [0.1, 0.15) is 5.56 Å². The van der Waals surface area contributed by atoms with Crippen molar-refractivity contribution >= 4 is 11.6 Å². The molecule has 0 aliphatic carbocycles. The van der Waals surface area contributed by atoms with Gasteiger partial charge in [-0.25, -0.2) is 0 Å². The summed E-state index contributed by atoms with van der Waals surface area (Å²) in [5.74, 6) is 1.17. The molecule has 5 heteroatoms. The molecule has 5 nitrogen and oxygen atoms in total. The van der Waals surface area contributed by atoms with Crippen LogP contribution in [0, 0.1) is 6.92 Å². The SMILES string of the molecule is Cc1cccn(CC(=O)Nc2ccc(Oc3ccccc3)cc2)c1=O. The van der Waals surface area contributed by atoms with Gasteiger partial charge in [-0.15, -0.1) is 0 Å². The van der Waals surface area contributed by atoms with Crippen molar-refractivity contribution in [1.82, 2.24) is 4.57 Å². The summed E-state index contributed by atoms with van der Waals surface area (Å²) in [5, 5.41) is 2.77. The fourth-order valence-corrected chi connectivity index (χ4v) is 2.37. The monoisotopic (exact) mass is 334 g/mol. The highest BCUT2D eigenvalue weighted by Crippen LogP contribution is 2.22. The largest absolute Gasteiger partial charge is 0.457 e. The Kier molecular flexibility index (Phi) is 4.95. The summed E-state index contributed by atoms with van der Waals surface area (Å²) in [7, 11) is 0. The van der Waals surface area contributed by atoms with E-state index in [0.29, 0.717) is 17.0 Å². The molecule has 1 heterocycles. The summed E-state index contributed by atoms with van der Waals surface area (Å²) in [6, 6.07) is 20.0. The molecule has 25 heavy (non-hydrogen) atoms. The summed E-state index contributed by atoms with van der Waals surface area (Å²) in [4.78, 5) is 24.1. The maximum Gasteiger partial charge on any atom is 0.253 e. The molecule has 0 saturated carbocycles. The van der Waals surface area contributed by atoms with Crippen LogP contribution in [0.15, 0.2) is 77.7 Å². The van der Waals surface area contributed by atoms with Gasteiger partial charge in [-0.3, -0.25) is 9.59 Å². The molecule has 1 aromatic heterocycles. The third-order valence-corrected chi connectivity index (χ3v) is 3.64. The van der Waals surface area contributed by atoms with Crippen LogP contribution in [-0.2, 0) is 11.3 Å². The number of amides is 1. The second-order valence-electron chi connectivity index (χ2n) is 5.61. The van der Waals surface area contributed by atoms with Crippen molar-refractivity contribution in [2.45, 2.75) is 13.5 Å². The van der Waals surface area contributed by atoms with E-state index in [2.05, 4.69) is 5.32 Å². The van der Waals surface area contributed by atoms with Crippen LogP contribution in [0.4, 0.5) is 5.69 Å². The summed E-state index contributed by atoms with van der Waals surface area (Å²) in [5.41, 5.74) is 1.09. The highest BCUT2D eigenvalue weighted by molar-refractivity contribution is 5.90. The minimum absolute atomic E-state index is 0.0250. The molecule has 2 aromatic carbocycles. The number of carbonyl (C=O) groups excluding carboxylic acids is 1. The molecule has 0 spiro atoms. The van der Waals surface area contributed by atoms with Gasteiger partial charge in [0.1, 0.15) is 18.0 Å². The van der Waals surface area contributed by atoms with Crippen LogP contribution in [0.3, 0.4) is 0 Å². The number of nitrogens with zero attached hydrogens (tertiary/aromatic N) is 1. The lowest BCUT2D eigenvalue weighted by molar-refractivity contribution is -0.116. The lowest BCUT2D eigenvalue weighted by Crippen LogP contribution is -2.28. The summed E-state index contributed by atoms with van der Waals surface area (Å²) in [6.07, 6.45) is 1.60. The van der Waals surface area contributed by atoms with Crippen molar-refractivity contribution in [2.75, 3.05) is 5.32 Å². The molecule has 0 unspecified atom stereocenters. The van der Waals surface area contributed by atoms with Crippen molar-refractivity contribution in [2.24, 2.45) is 0 Å². The van der Waals surface area contributed by atoms with Crippen molar-refractivity contribution < 1.29 is 9.53 Å². The van der Waals surface area contributed by atoms with Gasteiger partial charge in [-0.2, -0.15) is 0 Å². The van der Waals surface area contributed by atoms with Crippen LogP contribution < -0.4 is 15.6 Å². The van der Waals surface area contributed by atoms with Gasteiger partial charge in [-0.05, 0) is 49.4 Å². The van der Waals surface area contributed by atoms with E-state index in [9.17, 15) is 9.59 Å². The first kappa shape index (κ1) is 16.5. The highest BCUT2D eigenvalue weighted by atomic mass is 16.5. The van der Waals surface area contributed by atoms with E-state index in [0.717, 1.165) is 5.75 Å². The molecule has 0 bridgehead atoms. The van der Waals surface area contributed by atoms with Gasteiger partial charge in [0.05, 0.1) is 0 Å². The molecule has 0 aliphatic heterocycles. The molecule has 0 radical (unpaired) electrons. The van der Waals surface area contributed by atoms with E-state index in [4.69, 9.17) is 4.74 Å². The molecule has 0 fully saturated rings. The second kappa shape index (κ2) is 7.49. The third-order valence-electron chi connectivity index (χ3n) is 3.64. The smallest absolute Gasteiger partial charge is 0.253 e. The predicted molar refractivity (Wildman–Crippen MR) is 97.0 cm³/mol. The number of ether oxygens (including phenoxy) is 1. The standard InChI is InChI=1S/C20H18N2O3/c1-15-6-5-13-22(20(15)24)14-19(23)21-16-9-11-18(12-10-16)25-17-7-3-2-4-8-17/h2-13H,14H2,1H3,(H,21,23). The fourth-order valence-electron chi connectivity index (χ4n) is 2.37. The summed E-state index contributed by atoms with van der Waals surface area (Å²) >= 11 is 0. The Balaban J connectivity index is 1.62. The number of benzene rings is 2. The Morgan fingerprint density at radius 3 is 2.36 bits per heavy atom. The Morgan fingerprint density at radius 1 is 0.960 bits per heavy atom. The Labute approximate surface area is 145 Å². The van der Waals surface area contributed by atoms with Gasteiger partial charge in [-0.1, -0.05) is 24.3 Å². The average Bonchev–Trinajstić information content (AvgIpc) is 2.62. The number of nitrogens with one attached hydrogen (secondary N) is 1. The molecule has 3 aromatic rings. The molecular formula is C20H18N2O3. The number of anilines is 1. The van der Waals surface area contributed by atoms with E-state index in [1.807, 2.05) is 30.3 Å². The number of hydrogen-bond donors (Lipinski definition) is 1. The lowest BCUT2D eigenvalue weighted by atomic mass is 10.3. The average molecular weight is 334 g/mol. The number of pyridine rings is 1. The predicted octanol–water partition coefficient (Wildman–Crippen LogP) is 3.59. The molecule has 1 amide bonds. The maximum absolute atomic E-state index is 12.1. The van der Waals surface area contributed by atoms with E-state index in [1.54, 1.807) is 49.5 Å². The van der Waals surface area contributed by atoms with Crippen molar-refractivity contribution in [3.63, 3.8) is 0 Å². The second-order valence-corrected chi connectivity index (χ2v) is 5.61. The Hall–Kier alpha value is -3.34. The van der Waals surface area contributed by atoms with Crippen LogP contribution in [0.25, 0.3) is 0 Å². The number of aryl methyl sites for hydroxylation is 1. The molecule has 3 rings (SSSR count). The van der Waals surface area contributed by atoms with Crippen LogP contribution in [0.2, 0.25) is 0 Å². The highest BCUT2D eigenvalue weighted by Gasteiger charge is 2.06. The Morgan fingerprint density at radius 2 is 1.64 bits per heavy atom. The van der Waals surface area contributed by atoms with Gasteiger partial charge in [0.2, 0.25) is 5.91 Å². The first-order valence-corrected chi connectivity index (χ1v) is 7.91. The Bertz CT molecular complexity index is 916. The maximum atomic E-state index is 12.1. The van der Waals surface area contributed by atoms with Gasteiger partial charge in [0.15, 0.2) is 0 Å². The van der Waals surface area contributed by atoms with Crippen LogP contribution in [-0.4, -0.2) is 10.5 Å². The molecule has 1 N–H and O–H groups in total. The first-order chi connectivity index (χ1) is 12.1. The summed E-state index contributed by atoms with van der Waals surface area (Å²) < 4.78 is 7.09. The van der Waals surface area contributed by atoms with Crippen LogP contribution >= 0.6 is 0 Å². The zero-order valence-electron chi connectivity index (χ0n) is 13.8. The van der Waals surface area contributed by atoms with E-state index in [1.165, 1.54) is 4.57 Å². The van der Waals surface area contributed by atoms with Crippen molar-refractivity contribution in [3.8, 4) is 11.5 Å². The van der Waals surface area contributed by atoms with Gasteiger partial charge < -0.3 is 14.6 Å². The first-order valence-electron chi connectivity index (χ1n) is 7.91. The van der Waals surface area contributed by atoms with Crippen molar-refractivity contribution in [1.29, 1.82) is 0 Å². The minimum Gasteiger partial charge on any atom is -0.457 e. The minimum atomic E-state index is -0.260. The van der Waals surface area contributed by atoms with Gasteiger partial charge in [0, 0.05) is 17.4 Å². The number of aromatic nitrogens is 1. The van der Waals surface area contributed by atoms with E-state index in [-0.39, 0.29) is 18.0 Å². The fraction of sp³-hybridized carbons (Fsp3) is 0.100. The normalized spacial score (nSPS) is 10.3. The molecule has 0 atom stereocenters. The van der Waals surface area contributed by atoms with Gasteiger partial charge in [0.25, 0.3) is 5.56 Å². The molecular weight excluding hydrogens is 316 g/mol. The topological polar surface area (TPSA) is 60.3 Å². The number of para-hydroxylation sites is 1. The third kappa shape index (κ3) is 4.35. The number of carbonyl (C=O) groups is 1. The molecule has 0 aliphatic rings. The van der Waals surface area contributed by atoms with Gasteiger partial charge >= 0.3 is 0 Å². The van der Waals surface area contributed by atoms with E-state index >= 15 is 0 Å². The summed E-state index contributed by atoms with van der Waals surface area (Å²) in [6.45, 7) is 1.70.